The van der Waals surface area contributed by atoms with Gasteiger partial charge in [-0.3, -0.25) is 9.59 Å². The van der Waals surface area contributed by atoms with Gasteiger partial charge < -0.3 is 10.1 Å². The molecule has 4 aliphatic carbocycles. The maximum absolute atomic E-state index is 13.3. The van der Waals surface area contributed by atoms with Gasteiger partial charge in [-0.15, -0.1) is 47.0 Å². The molecule has 4 saturated carbocycles. The second kappa shape index (κ2) is 10.8. The minimum atomic E-state index is -0.0631. The summed E-state index contributed by atoms with van der Waals surface area (Å²) in [7, 11) is 0. The van der Waals surface area contributed by atoms with Crippen molar-refractivity contribution >= 4 is 64.6 Å². The fourth-order valence-electron chi connectivity index (χ4n) is 8.67. The van der Waals surface area contributed by atoms with E-state index in [1.54, 1.807) is 0 Å². The Hall–Kier alpha value is -0.440. The minimum Gasteiger partial charge on any atom is -0.426 e. The van der Waals surface area contributed by atoms with Gasteiger partial charge in [0.25, 0.3) is 0 Å². The Morgan fingerprint density at radius 2 is 1.13 bits per heavy atom. The lowest BCUT2D eigenvalue weighted by molar-refractivity contribution is -0.141. The highest BCUT2D eigenvalue weighted by Gasteiger charge is 2.56. The van der Waals surface area contributed by atoms with Crippen LogP contribution in [0.2, 0.25) is 0 Å². The summed E-state index contributed by atoms with van der Waals surface area (Å²) < 4.78 is 6.65. The van der Waals surface area contributed by atoms with Crippen molar-refractivity contribution in [2.75, 3.05) is 28.3 Å². The second-order valence-corrected chi connectivity index (χ2v) is 18.3. The summed E-state index contributed by atoms with van der Waals surface area (Å²) in [6, 6.07) is 7.48. The van der Waals surface area contributed by atoms with E-state index in [0.717, 1.165) is 31.4 Å². The van der Waals surface area contributed by atoms with Crippen molar-refractivity contribution in [2.45, 2.75) is 72.4 Å². The number of carbonyl (C=O) groups is 2. The van der Waals surface area contributed by atoms with Crippen molar-refractivity contribution in [2.24, 2.45) is 35.5 Å². The molecule has 1 N–H and O–H groups in total. The molecule has 1 aromatic rings. The number of benzene rings is 1. The molecular formula is C30H39NO3S4. The van der Waals surface area contributed by atoms with Crippen LogP contribution in [0.5, 0.6) is 5.75 Å². The van der Waals surface area contributed by atoms with E-state index in [1.165, 1.54) is 61.5 Å². The minimum absolute atomic E-state index is 0.0161. The Balaban J connectivity index is 0.946. The van der Waals surface area contributed by atoms with Gasteiger partial charge in [0.05, 0.1) is 14.1 Å². The molecule has 2 saturated heterocycles. The number of anilines is 1. The van der Waals surface area contributed by atoms with Gasteiger partial charge in [-0.1, -0.05) is 12.8 Å². The number of thioether (sulfide) groups is 4. The lowest BCUT2D eigenvalue weighted by Crippen LogP contribution is -2.48. The Kier molecular flexibility index (Phi) is 7.49. The van der Waals surface area contributed by atoms with Crippen LogP contribution in [0, 0.1) is 35.5 Å². The lowest BCUT2D eigenvalue weighted by atomic mass is 9.67. The number of carbonyl (C=O) groups excluding carboxylic acids is 2. The predicted molar refractivity (Wildman–Crippen MR) is 163 cm³/mol. The largest absolute Gasteiger partial charge is 0.426 e. The SMILES string of the molecule is O=C(Nc1ccc(OC(=O)C2CC3CCCC(C2)C32SCCS2)cc1)C1CC2CCCC(C1)C21SCCS1. The van der Waals surface area contributed by atoms with Gasteiger partial charge in [-0.2, -0.15) is 0 Å². The van der Waals surface area contributed by atoms with Crippen molar-refractivity contribution in [1.29, 1.82) is 0 Å². The van der Waals surface area contributed by atoms with Crippen LogP contribution in [-0.2, 0) is 9.59 Å². The molecule has 4 nitrogen and oxygen atoms in total. The molecule has 0 radical (unpaired) electrons. The van der Waals surface area contributed by atoms with E-state index in [4.69, 9.17) is 4.74 Å². The zero-order chi connectivity index (χ0) is 25.7. The first-order valence-electron chi connectivity index (χ1n) is 14.7. The fraction of sp³-hybridized carbons (Fsp3) is 0.733. The van der Waals surface area contributed by atoms with Gasteiger partial charge in [-0.25, -0.2) is 0 Å². The maximum Gasteiger partial charge on any atom is 0.314 e. The summed E-state index contributed by atoms with van der Waals surface area (Å²) in [6.45, 7) is 0. The third-order valence-electron chi connectivity index (χ3n) is 10.3. The molecule has 1 aromatic carbocycles. The summed E-state index contributed by atoms with van der Waals surface area (Å²) in [5.41, 5.74) is 0.800. The number of amides is 1. The quantitative estimate of drug-likeness (QED) is 0.288. The highest BCUT2D eigenvalue weighted by Crippen LogP contribution is 2.65. The zero-order valence-electron chi connectivity index (χ0n) is 22.0. The van der Waals surface area contributed by atoms with Crippen molar-refractivity contribution < 1.29 is 14.3 Å². The summed E-state index contributed by atoms with van der Waals surface area (Å²) in [5, 5.41) is 3.18. The van der Waals surface area contributed by atoms with Crippen molar-refractivity contribution in [3.05, 3.63) is 24.3 Å². The van der Waals surface area contributed by atoms with Crippen LogP contribution >= 0.6 is 47.0 Å². The predicted octanol–water partition coefficient (Wildman–Crippen LogP) is 7.54. The van der Waals surface area contributed by atoms with E-state index in [0.29, 0.717) is 37.6 Å². The van der Waals surface area contributed by atoms with Crippen LogP contribution in [-0.4, -0.2) is 43.0 Å². The third kappa shape index (κ3) is 4.65. The molecule has 8 heteroatoms. The second-order valence-electron chi connectivity index (χ2n) is 12.3. The standard InChI is InChI=1S/C30H39NO3S4/c32-27(19-15-21-3-1-4-22(16-19)29(21)35-11-12-36-29)31-25-7-9-26(10-8-25)34-28(33)20-17-23-5-2-6-24(18-20)30(23)37-13-14-38-30/h7-10,19-24H,1-6,11-18H2,(H,31,32). The highest BCUT2D eigenvalue weighted by molar-refractivity contribution is 8.21. The van der Waals surface area contributed by atoms with Crippen LogP contribution in [0.3, 0.4) is 0 Å². The molecule has 4 bridgehead atoms. The van der Waals surface area contributed by atoms with Gasteiger partial charge >= 0.3 is 5.97 Å². The summed E-state index contributed by atoms with van der Waals surface area (Å²) in [6.07, 6.45) is 11.7. The third-order valence-corrected chi connectivity index (χ3v) is 18.3. The van der Waals surface area contributed by atoms with Gasteiger partial charge in [0.2, 0.25) is 5.91 Å². The number of esters is 1. The summed E-state index contributed by atoms with van der Waals surface area (Å²) in [5.74, 6) is 8.51. The van der Waals surface area contributed by atoms with E-state index < -0.39 is 0 Å². The van der Waals surface area contributed by atoms with Gasteiger partial charge in [0.1, 0.15) is 5.75 Å². The number of nitrogens with one attached hydrogen (secondary N) is 1. The van der Waals surface area contributed by atoms with E-state index >= 15 is 0 Å². The van der Waals surface area contributed by atoms with Crippen LogP contribution in [0.25, 0.3) is 0 Å². The van der Waals surface area contributed by atoms with Crippen LogP contribution in [0.4, 0.5) is 5.69 Å². The molecule has 7 rings (SSSR count). The van der Waals surface area contributed by atoms with E-state index in [9.17, 15) is 9.59 Å². The smallest absolute Gasteiger partial charge is 0.314 e. The summed E-state index contributed by atoms with van der Waals surface area (Å²) in [4.78, 5) is 26.4. The Morgan fingerprint density at radius 3 is 1.61 bits per heavy atom. The average molecular weight is 590 g/mol. The molecule has 2 spiro atoms. The Bertz CT molecular complexity index is 937. The molecule has 4 unspecified atom stereocenters. The van der Waals surface area contributed by atoms with E-state index in [1.807, 2.05) is 24.3 Å². The average Bonchev–Trinajstić information content (AvgIpc) is 3.56. The maximum atomic E-state index is 13.3. The van der Waals surface area contributed by atoms with Crippen molar-refractivity contribution in [3.63, 3.8) is 0 Å². The molecule has 2 aliphatic heterocycles. The van der Waals surface area contributed by atoms with Crippen LogP contribution in [0.15, 0.2) is 24.3 Å². The van der Waals surface area contributed by atoms with Crippen molar-refractivity contribution in [1.82, 2.24) is 0 Å². The Morgan fingerprint density at radius 1 is 0.684 bits per heavy atom. The molecule has 6 fully saturated rings. The first kappa shape index (κ1) is 26.5. The molecule has 1 amide bonds. The molecule has 0 aromatic heterocycles. The number of rotatable bonds is 4. The molecule has 206 valence electrons. The van der Waals surface area contributed by atoms with Gasteiger partial charge in [-0.05, 0) is 99.3 Å². The monoisotopic (exact) mass is 589 g/mol. The number of hydrogen-bond donors (Lipinski definition) is 1. The first-order chi connectivity index (χ1) is 18.6. The van der Waals surface area contributed by atoms with Gasteiger partial charge in [0.15, 0.2) is 0 Å². The normalized spacial score (nSPS) is 36.7. The lowest BCUT2D eigenvalue weighted by Gasteiger charge is -2.52. The molecule has 4 atom stereocenters. The fourth-order valence-corrected chi connectivity index (χ4v) is 16.5. The molecule has 6 aliphatic rings. The highest BCUT2D eigenvalue weighted by atomic mass is 32.2. The topological polar surface area (TPSA) is 55.4 Å². The number of ether oxygens (including phenoxy) is 1. The van der Waals surface area contributed by atoms with Crippen molar-refractivity contribution in [3.8, 4) is 5.75 Å². The van der Waals surface area contributed by atoms with E-state index in [2.05, 4.69) is 52.4 Å². The van der Waals surface area contributed by atoms with Crippen LogP contribution in [0.1, 0.15) is 64.2 Å². The molecule has 2 heterocycles. The Labute approximate surface area is 244 Å². The first-order valence-corrected chi connectivity index (χ1v) is 18.7. The molecule has 38 heavy (non-hydrogen) atoms. The number of hydrogen-bond acceptors (Lipinski definition) is 7. The summed E-state index contributed by atoms with van der Waals surface area (Å²) >= 11 is 8.73. The zero-order valence-corrected chi connectivity index (χ0v) is 25.3. The van der Waals surface area contributed by atoms with Gasteiger partial charge in [0, 0.05) is 34.6 Å². The van der Waals surface area contributed by atoms with Crippen LogP contribution < -0.4 is 10.1 Å². The molecular weight excluding hydrogens is 551 g/mol. The van der Waals surface area contributed by atoms with E-state index in [-0.39, 0.29) is 23.7 Å².